The summed E-state index contributed by atoms with van der Waals surface area (Å²) in [4.78, 5) is 1.51. The summed E-state index contributed by atoms with van der Waals surface area (Å²) in [5, 5.41) is 11.6. The topological polar surface area (TPSA) is 20.2 Å². The van der Waals surface area contributed by atoms with Crippen molar-refractivity contribution in [1.82, 2.24) is 0 Å². The Hall–Kier alpha value is -0.340. The molecule has 1 nitrogen and oxygen atoms in total. The molecular formula is C10H14OS. The maximum Gasteiger partial charge on any atom is 0.0772 e. The summed E-state index contributed by atoms with van der Waals surface area (Å²) < 4.78 is 0. The fraction of sp³-hybridized carbons (Fsp3) is 0.600. The Balaban J connectivity index is 2.38. The molecule has 2 rings (SSSR count). The third kappa shape index (κ3) is 1.29. The number of hydrogen-bond donors (Lipinski definition) is 1. The number of thiophene rings is 1. The van der Waals surface area contributed by atoms with Crippen LogP contribution in [-0.4, -0.2) is 5.11 Å². The number of fused-ring (bicyclic) bond motifs is 1. The summed E-state index contributed by atoms with van der Waals surface area (Å²) in [5.74, 6) is 0. The van der Waals surface area contributed by atoms with E-state index < -0.39 is 0 Å². The maximum atomic E-state index is 9.48. The molecule has 0 aromatic carbocycles. The van der Waals surface area contributed by atoms with E-state index >= 15 is 0 Å². The molecule has 1 aliphatic carbocycles. The van der Waals surface area contributed by atoms with Gasteiger partial charge in [0.2, 0.25) is 0 Å². The van der Waals surface area contributed by atoms with Crippen molar-refractivity contribution < 1.29 is 5.11 Å². The third-order valence-corrected chi connectivity index (χ3v) is 3.65. The van der Waals surface area contributed by atoms with Gasteiger partial charge in [-0.25, -0.2) is 0 Å². The SMILES string of the molecule is C[C@H](O)c1csc2c1CCCC2. The Kier molecular flexibility index (Phi) is 2.20. The molecule has 0 spiro atoms. The summed E-state index contributed by atoms with van der Waals surface area (Å²) in [7, 11) is 0. The van der Waals surface area contributed by atoms with Crippen LogP contribution in [0.3, 0.4) is 0 Å². The van der Waals surface area contributed by atoms with Gasteiger partial charge in [-0.15, -0.1) is 11.3 Å². The lowest BCUT2D eigenvalue weighted by Crippen LogP contribution is -2.02. The van der Waals surface area contributed by atoms with Crippen molar-refractivity contribution >= 4 is 11.3 Å². The molecule has 66 valence electrons. The van der Waals surface area contributed by atoms with E-state index in [1.165, 1.54) is 41.7 Å². The minimum atomic E-state index is -0.275. The third-order valence-electron chi connectivity index (χ3n) is 2.54. The van der Waals surface area contributed by atoms with Crippen molar-refractivity contribution in [3.8, 4) is 0 Å². The van der Waals surface area contributed by atoms with E-state index in [2.05, 4.69) is 5.38 Å². The average molecular weight is 182 g/mol. The maximum absolute atomic E-state index is 9.48. The van der Waals surface area contributed by atoms with E-state index in [-0.39, 0.29) is 6.10 Å². The molecule has 1 aliphatic rings. The van der Waals surface area contributed by atoms with Gasteiger partial charge in [0.1, 0.15) is 0 Å². The Labute approximate surface area is 77.0 Å². The van der Waals surface area contributed by atoms with Gasteiger partial charge in [0.15, 0.2) is 0 Å². The van der Waals surface area contributed by atoms with Gasteiger partial charge in [-0.3, -0.25) is 0 Å². The van der Waals surface area contributed by atoms with Crippen LogP contribution in [-0.2, 0) is 12.8 Å². The first-order valence-corrected chi connectivity index (χ1v) is 5.44. The van der Waals surface area contributed by atoms with E-state index in [9.17, 15) is 5.11 Å². The van der Waals surface area contributed by atoms with Crippen LogP contribution in [0, 0.1) is 0 Å². The van der Waals surface area contributed by atoms with E-state index in [4.69, 9.17) is 0 Å². The quantitative estimate of drug-likeness (QED) is 0.708. The van der Waals surface area contributed by atoms with Gasteiger partial charge in [0, 0.05) is 4.88 Å². The van der Waals surface area contributed by atoms with Crippen LogP contribution in [0.5, 0.6) is 0 Å². The normalized spacial score (nSPS) is 18.8. The number of aryl methyl sites for hydroxylation is 1. The first kappa shape index (κ1) is 8.27. The van der Waals surface area contributed by atoms with Crippen molar-refractivity contribution in [1.29, 1.82) is 0 Å². The largest absolute Gasteiger partial charge is 0.389 e. The number of aliphatic hydroxyl groups excluding tert-OH is 1. The molecule has 12 heavy (non-hydrogen) atoms. The van der Waals surface area contributed by atoms with Gasteiger partial charge < -0.3 is 5.11 Å². The molecule has 0 amide bonds. The number of aliphatic hydroxyl groups is 1. The van der Waals surface area contributed by atoms with Crippen LogP contribution in [0.25, 0.3) is 0 Å². The van der Waals surface area contributed by atoms with Crippen LogP contribution in [0.15, 0.2) is 5.38 Å². The van der Waals surface area contributed by atoms with Gasteiger partial charge in [-0.1, -0.05) is 0 Å². The van der Waals surface area contributed by atoms with Crippen molar-refractivity contribution in [3.05, 3.63) is 21.4 Å². The zero-order valence-corrected chi connectivity index (χ0v) is 8.16. The summed E-state index contributed by atoms with van der Waals surface area (Å²) in [6.45, 7) is 1.86. The molecule has 0 saturated heterocycles. The second-order valence-electron chi connectivity index (χ2n) is 3.48. The highest BCUT2D eigenvalue weighted by Crippen LogP contribution is 2.33. The van der Waals surface area contributed by atoms with Gasteiger partial charge in [-0.05, 0) is 49.1 Å². The lowest BCUT2D eigenvalue weighted by atomic mass is 9.94. The van der Waals surface area contributed by atoms with Crippen LogP contribution in [0.2, 0.25) is 0 Å². The van der Waals surface area contributed by atoms with Crippen LogP contribution in [0.4, 0.5) is 0 Å². The van der Waals surface area contributed by atoms with Crippen LogP contribution < -0.4 is 0 Å². The highest BCUT2D eigenvalue weighted by atomic mass is 32.1. The Morgan fingerprint density at radius 3 is 2.92 bits per heavy atom. The van der Waals surface area contributed by atoms with Crippen LogP contribution >= 0.6 is 11.3 Å². The van der Waals surface area contributed by atoms with E-state index in [1.54, 1.807) is 0 Å². The standard InChI is InChI=1S/C10H14OS/c1-7(11)9-6-12-10-5-3-2-4-8(9)10/h6-7,11H,2-5H2,1H3/t7-/m0/s1. The summed E-state index contributed by atoms with van der Waals surface area (Å²) >= 11 is 1.82. The summed E-state index contributed by atoms with van der Waals surface area (Å²) in [5.41, 5.74) is 2.62. The van der Waals surface area contributed by atoms with Gasteiger partial charge in [0.05, 0.1) is 6.10 Å². The minimum Gasteiger partial charge on any atom is -0.389 e. The second-order valence-corrected chi connectivity index (χ2v) is 4.44. The first-order chi connectivity index (χ1) is 5.79. The Morgan fingerprint density at radius 2 is 2.17 bits per heavy atom. The van der Waals surface area contributed by atoms with Crippen molar-refractivity contribution in [2.45, 2.75) is 38.7 Å². The smallest absolute Gasteiger partial charge is 0.0772 e. The Bertz CT molecular complexity index is 275. The molecular weight excluding hydrogens is 168 g/mol. The summed E-state index contributed by atoms with van der Waals surface area (Å²) in [6.07, 6.45) is 4.75. The highest BCUT2D eigenvalue weighted by Gasteiger charge is 2.17. The second kappa shape index (κ2) is 3.19. The fourth-order valence-electron chi connectivity index (χ4n) is 1.87. The lowest BCUT2D eigenvalue weighted by molar-refractivity contribution is 0.198. The molecule has 0 aliphatic heterocycles. The molecule has 1 atom stereocenters. The van der Waals surface area contributed by atoms with Gasteiger partial charge in [-0.2, -0.15) is 0 Å². The lowest BCUT2D eigenvalue weighted by Gasteiger charge is -2.13. The molecule has 1 aromatic heterocycles. The van der Waals surface area contributed by atoms with Crippen molar-refractivity contribution in [2.75, 3.05) is 0 Å². The molecule has 0 unspecified atom stereocenters. The molecule has 2 heteroatoms. The van der Waals surface area contributed by atoms with Crippen molar-refractivity contribution in [2.24, 2.45) is 0 Å². The molecule has 1 N–H and O–H groups in total. The first-order valence-electron chi connectivity index (χ1n) is 4.56. The zero-order chi connectivity index (χ0) is 8.55. The summed E-state index contributed by atoms with van der Waals surface area (Å²) in [6, 6.07) is 0. The number of hydrogen-bond acceptors (Lipinski definition) is 2. The number of rotatable bonds is 1. The van der Waals surface area contributed by atoms with E-state index in [1.807, 2.05) is 18.3 Å². The van der Waals surface area contributed by atoms with Crippen molar-refractivity contribution in [3.63, 3.8) is 0 Å². The minimum absolute atomic E-state index is 0.275. The predicted octanol–water partition coefficient (Wildman–Crippen LogP) is 2.68. The average Bonchev–Trinajstić information content (AvgIpc) is 2.47. The van der Waals surface area contributed by atoms with E-state index in [0.717, 1.165) is 0 Å². The fourth-order valence-corrected chi connectivity index (χ4v) is 3.10. The molecule has 0 bridgehead atoms. The molecule has 0 fully saturated rings. The predicted molar refractivity (Wildman–Crippen MR) is 51.6 cm³/mol. The molecule has 1 heterocycles. The highest BCUT2D eigenvalue weighted by molar-refractivity contribution is 7.10. The monoisotopic (exact) mass is 182 g/mol. The molecule has 0 saturated carbocycles. The van der Waals surface area contributed by atoms with Gasteiger partial charge in [0.25, 0.3) is 0 Å². The van der Waals surface area contributed by atoms with Crippen LogP contribution in [0.1, 0.15) is 41.9 Å². The Morgan fingerprint density at radius 1 is 1.42 bits per heavy atom. The molecule has 0 radical (unpaired) electrons. The van der Waals surface area contributed by atoms with E-state index in [0.29, 0.717) is 0 Å². The molecule has 1 aromatic rings. The van der Waals surface area contributed by atoms with Gasteiger partial charge >= 0.3 is 0 Å². The zero-order valence-electron chi connectivity index (χ0n) is 7.34.